The average Bonchev–Trinajstić information content (AvgIpc) is 2.38. The molecule has 0 saturated heterocycles. The summed E-state index contributed by atoms with van der Waals surface area (Å²) < 4.78 is 1.01. The fraction of sp³-hybridized carbons (Fsp3) is 0.615. The Balaban J connectivity index is 3.09. The van der Waals surface area contributed by atoms with E-state index in [2.05, 4.69) is 10.3 Å². The second-order valence-corrected chi connectivity index (χ2v) is 4.57. The average molecular weight is 283 g/mol. The van der Waals surface area contributed by atoms with Crippen molar-refractivity contribution in [1.82, 2.24) is 14.9 Å². The molecule has 0 bridgehead atoms. The Hall–Kier alpha value is -2.05. The van der Waals surface area contributed by atoms with Crippen molar-refractivity contribution in [2.24, 2.45) is 0 Å². The van der Waals surface area contributed by atoms with Crippen LogP contribution in [0.2, 0.25) is 0 Å². The number of aromatic amines is 1. The first kappa shape index (κ1) is 16.0. The minimum absolute atomic E-state index is 0.257. The first-order valence-electron chi connectivity index (χ1n) is 6.87. The summed E-state index contributed by atoms with van der Waals surface area (Å²) in [6, 6.07) is 0. The molecule has 0 aromatic carbocycles. The molecule has 0 saturated carbocycles. The molecule has 1 aromatic heterocycles. The zero-order valence-electron chi connectivity index (χ0n) is 11.9. The van der Waals surface area contributed by atoms with Crippen LogP contribution in [0.4, 0.5) is 0 Å². The molecule has 0 radical (unpaired) electrons. The number of rotatable bonds is 7. The molecule has 0 aliphatic rings. The molecule has 1 heterocycles. The number of H-pyrrole nitrogens is 1. The molecule has 0 fully saturated rings. The van der Waals surface area contributed by atoms with Crippen molar-refractivity contribution < 1.29 is 9.90 Å². The van der Waals surface area contributed by atoms with Crippen molar-refractivity contribution in [3.05, 3.63) is 26.4 Å². The van der Waals surface area contributed by atoms with Crippen molar-refractivity contribution in [3.8, 4) is 5.88 Å². The smallest absolute Gasteiger partial charge is 0.331 e. The van der Waals surface area contributed by atoms with E-state index in [-0.39, 0.29) is 6.54 Å². The maximum atomic E-state index is 11.9. The van der Waals surface area contributed by atoms with E-state index in [1.807, 2.05) is 13.8 Å². The standard InChI is InChI=1S/C13H21N3O4/c1-3-5-7-14-10(17)9-11(18)15-13(20)16(12(9)19)8-6-4-2/h19H,3-8H2,1-2H3,(H,14,17)(H,15,18,20). The van der Waals surface area contributed by atoms with E-state index in [9.17, 15) is 19.5 Å². The Kier molecular flexibility index (Phi) is 6.02. The molecule has 0 unspecified atom stereocenters. The van der Waals surface area contributed by atoms with E-state index in [0.717, 1.165) is 23.8 Å². The van der Waals surface area contributed by atoms with Crippen LogP contribution in [0.3, 0.4) is 0 Å². The zero-order chi connectivity index (χ0) is 15.1. The van der Waals surface area contributed by atoms with Crippen LogP contribution in [0.15, 0.2) is 9.59 Å². The summed E-state index contributed by atoms with van der Waals surface area (Å²) in [7, 11) is 0. The number of amides is 1. The Bertz CT molecular complexity index is 574. The zero-order valence-corrected chi connectivity index (χ0v) is 11.9. The number of hydrogen-bond acceptors (Lipinski definition) is 4. The van der Waals surface area contributed by atoms with E-state index in [1.165, 1.54) is 0 Å². The number of nitrogens with zero attached hydrogens (tertiary/aromatic N) is 1. The van der Waals surface area contributed by atoms with Gasteiger partial charge in [0.2, 0.25) is 5.88 Å². The highest BCUT2D eigenvalue weighted by atomic mass is 16.3. The van der Waals surface area contributed by atoms with E-state index in [1.54, 1.807) is 0 Å². The first-order valence-corrected chi connectivity index (χ1v) is 6.87. The summed E-state index contributed by atoms with van der Waals surface area (Å²) in [6.45, 7) is 4.59. The van der Waals surface area contributed by atoms with Gasteiger partial charge in [0.05, 0.1) is 0 Å². The molecule has 3 N–H and O–H groups in total. The lowest BCUT2D eigenvalue weighted by molar-refractivity contribution is 0.0946. The van der Waals surface area contributed by atoms with Gasteiger partial charge in [-0.2, -0.15) is 0 Å². The van der Waals surface area contributed by atoms with Crippen molar-refractivity contribution >= 4 is 5.91 Å². The number of carbonyl (C=O) groups is 1. The maximum Gasteiger partial charge on any atom is 0.331 e. The van der Waals surface area contributed by atoms with Crippen molar-refractivity contribution in [2.75, 3.05) is 6.54 Å². The van der Waals surface area contributed by atoms with Crippen molar-refractivity contribution in [1.29, 1.82) is 0 Å². The summed E-state index contributed by atoms with van der Waals surface area (Å²) >= 11 is 0. The molecule has 1 aromatic rings. The molecular formula is C13H21N3O4. The third kappa shape index (κ3) is 3.72. The van der Waals surface area contributed by atoms with Gasteiger partial charge in [0.15, 0.2) is 5.56 Å². The Morgan fingerprint density at radius 1 is 1.25 bits per heavy atom. The number of nitrogens with one attached hydrogen (secondary N) is 2. The first-order chi connectivity index (χ1) is 9.52. The molecular weight excluding hydrogens is 262 g/mol. The van der Waals surface area contributed by atoms with Gasteiger partial charge in [-0.3, -0.25) is 19.1 Å². The summed E-state index contributed by atoms with van der Waals surface area (Å²) in [5.74, 6) is -1.23. The van der Waals surface area contributed by atoms with Gasteiger partial charge < -0.3 is 10.4 Å². The second-order valence-electron chi connectivity index (χ2n) is 4.57. The summed E-state index contributed by atoms with van der Waals surface area (Å²) in [5.41, 5.74) is -1.97. The van der Waals surface area contributed by atoms with Crippen molar-refractivity contribution in [2.45, 2.75) is 46.1 Å². The largest absolute Gasteiger partial charge is 0.494 e. The normalized spacial score (nSPS) is 10.5. The number of aromatic nitrogens is 2. The summed E-state index contributed by atoms with van der Waals surface area (Å²) in [6.07, 6.45) is 3.16. The van der Waals surface area contributed by atoms with Gasteiger partial charge in [0.25, 0.3) is 11.5 Å². The SMILES string of the molecule is CCCCNC(=O)c1c(O)n(CCCC)c(=O)[nH]c1=O. The fourth-order valence-electron chi connectivity index (χ4n) is 1.76. The Labute approximate surface area is 116 Å². The monoisotopic (exact) mass is 283 g/mol. The quantitative estimate of drug-likeness (QED) is 0.636. The molecule has 0 spiro atoms. The summed E-state index contributed by atoms with van der Waals surface area (Å²) in [4.78, 5) is 37.2. The van der Waals surface area contributed by atoms with Crippen LogP contribution in [0, 0.1) is 0 Å². The summed E-state index contributed by atoms with van der Waals surface area (Å²) in [5, 5.41) is 12.5. The molecule has 7 heteroatoms. The highest BCUT2D eigenvalue weighted by molar-refractivity contribution is 5.95. The van der Waals surface area contributed by atoms with Crippen LogP contribution in [0.1, 0.15) is 49.9 Å². The molecule has 7 nitrogen and oxygen atoms in total. The van der Waals surface area contributed by atoms with Gasteiger partial charge in [0.1, 0.15) is 0 Å². The number of aromatic hydroxyl groups is 1. The van der Waals surface area contributed by atoms with Gasteiger partial charge in [-0.15, -0.1) is 0 Å². The van der Waals surface area contributed by atoms with E-state index < -0.39 is 28.6 Å². The van der Waals surface area contributed by atoms with Crippen LogP contribution in [-0.4, -0.2) is 27.1 Å². The van der Waals surface area contributed by atoms with Crippen molar-refractivity contribution in [3.63, 3.8) is 0 Å². The molecule has 0 aliphatic heterocycles. The molecule has 20 heavy (non-hydrogen) atoms. The molecule has 0 atom stereocenters. The van der Waals surface area contributed by atoms with Crippen LogP contribution in [0.25, 0.3) is 0 Å². The molecule has 1 amide bonds. The van der Waals surface area contributed by atoms with Crippen LogP contribution in [0.5, 0.6) is 5.88 Å². The second kappa shape index (κ2) is 7.52. The third-order valence-electron chi connectivity index (χ3n) is 2.95. The number of unbranched alkanes of at least 4 members (excludes halogenated alkanes) is 2. The topological polar surface area (TPSA) is 104 Å². The Morgan fingerprint density at radius 2 is 1.90 bits per heavy atom. The highest BCUT2D eigenvalue weighted by Crippen LogP contribution is 2.10. The van der Waals surface area contributed by atoms with Crippen LogP contribution < -0.4 is 16.6 Å². The van der Waals surface area contributed by atoms with E-state index in [0.29, 0.717) is 13.0 Å². The molecule has 0 aliphatic carbocycles. The predicted octanol–water partition coefficient (Wildman–Crippen LogP) is 0.572. The van der Waals surface area contributed by atoms with Gasteiger partial charge in [0, 0.05) is 13.1 Å². The Morgan fingerprint density at radius 3 is 2.50 bits per heavy atom. The van der Waals surface area contributed by atoms with E-state index in [4.69, 9.17) is 0 Å². The highest BCUT2D eigenvalue weighted by Gasteiger charge is 2.20. The van der Waals surface area contributed by atoms with E-state index >= 15 is 0 Å². The minimum Gasteiger partial charge on any atom is -0.494 e. The van der Waals surface area contributed by atoms with Gasteiger partial charge in [-0.1, -0.05) is 26.7 Å². The molecule has 112 valence electrons. The number of carbonyl (C=O) groups excluding carboxylic acids is 1. The van der Waals surface area contributed by atoms with Gasteiger partial charge in [-0.05, 0) is 12.8 Å². The van der Waals surface area contributed by atoms with Crippen LogP contribution >= 0.6 is 0 Å². The number of hydrogen-bond donors (Lipinski definition) is 3. The van der Waals surface area contributed by atoms with Gasteiger partial charge >= 0.3 is 5.69 Å². The predicted molar refractivity (Wildman–Crippen MR) is 75.1 cm³/mol. The lowest BCUT2D eigenvalue weighted by Gasteiger charge is -2.10. The fourth-order valence-corrected chi connectivity index (χ4v) is 1.76. The molecule has 1 rings (SSSR count). The third-order valence-corrected chi connectivity index (χ3v) is 2.95. The minimum atomic E-state index is -0.866. The lowest BCUT2D eigenvalue weighted by atomic mass is 10.2. The maximum absolute atomic E-state index is 11.9. The van der Waals surface area contributed by atoms with Crippen LogP contribution in [-0.2, 0) is 6.54 Å². The van der Waals surface area contributed by atoms with Gasteiger partial charge in [-0.25, -0.2) is 4.79 Å². The lowest BCUT2D eigenvalue weighted by Crippen LogP contribution is -2.37.